The summed E-state index contributed by atoms with van der Waals surface area (Å²) in [5.74, 6) is -0.454. The molecule has 0 aliphatic carbocycles. The van der Waals surface area contributed by atoms with E-state index < -0.39 is 10.3 Å². The van der Waals surface area contributed by atoms with Gasteiger partial charge < -0.3 is 16.0 Å². The highest BCUT2D eigenvalue weighted by molar-refractivity contribution is 5.87. The van der Waals surface area contributed by atoms with Crippen molar-refractivity contribution in [3.63, 3.8) is 0 Å². The maximum absolute atomic E-state index is 11.6. The van der Waals surface area contributed by atoms with Crippen LogP contribution in [-0.2, 0) is 9.59 Å². The minimum Gasteiger partial charge on any atom is -0.383 e. The van der Waals surface area contributed by atoms with Crippen molar-refractivity contribution in [1.82, 2.24) is 10.6 Å². The highest BCUT2D eigenvalue weighted by Crippen LogP contribution is 2.14. The van der Waals surface area contributed by atoms with E-state index in [-0.39, 0.29) is 24.0 Å². The molecular weight excluding hydrogens is 300 g/mol. The summed E-state index contributed by atoms with van der Waals surface area (Å²) in [6, 6.07) is 6.01. The summed E-state index contributed by atoms with van der Waals surface area (Å²) < 4.78 is 0. The van der Waals surface area contributed by atoms with E-state index in [1.54, 1.807) is 32.9 Å². The quantitative estimate of drug-likeness (QED) is 0.397. The molecule has 0 saturated carbocycles. The number of hydrogen-bond donors (Lipinski definition) is 3. The Morgan fingerprint density at radius 2 is 1.70 bits per heavy atom. The number of non-ortho nitro benzene ring substituents is 1. The Bertz CT molecular complexity index is 564. The van der Waals surface area contributed by atoms with E-state index in [1.807, 2.05) is 0 Å². The molecule has 0 fully saturated rings. The van der Waals surface area contributed by atoms with Gasteiger partial charge in [-0.15, -0.1) is 0 Å². The van der Waals surface area contributed by atoms with Gasteiger partial charge in [-0.2, -0.15) is 0 Å². The smallest absolute Gasteiger partial charge is 0.269 e. The van der Waals surface area contributed by atoms with Crippen LogP contribution in [0.25, 0.3) is 0 Å². The van der Waals surface area contributed by atoms with Crippen molar-refractivity contribution in [2.75, 3.05) is 25.0 Å². The largest absolute Gasteiger partial charge is 0.383 e. The first-order valence-corrected chi connectivity index (χ1v) is 7.23. The minimum absolute atomic E-state index is 0.0263. The molecule has 0 saturated heterocycles. The van der Waals surface area contributed by atoms with Crippen LogP contribution in [-0.4, -0.2) is 36.4 Å². The van der Waals surface area contributed by atoms with Crippen molar-refractivity contribution in [3.05, 3.63) is 34.4 Å². The van der Waals surface area contributed by atoms with Crippen LogP contribution in [0.2, 0.25) is 0 Å². The van der Waals surface area contributed by atoms with Crippen LogP contribution in [0, 0.1) is 15.5 Å². The number of hydrogen-bond acceptors (Lipinski definition) is 5. The molecule has 8 heteroatoms. The van der Waals surface area contributed by atoms with Crippen molar-refractivity contribution in [2.24, 2.45) is 5.41 Å². The maximum atomic E-state index is 11.6. The number of nitrogens with zero attached hydrogens (tertiary/aromatic N) is 1. The molecule has 126 valence electrons. The zero-order valence-electron chi connectivity index (χ0n) is 13.5. The average Bonchev–Trinajstić information content (AvgIpc) is 2.48. The van der Waals surface area contributed by atoms with E-state index in [4.69, 9.17) is 0 Å². The molecule has 1 aromatic rings. The fourth-order valence-corrected chi connectivity index (χ4v) is 1.60. The second-order valence-electron chi connectivity index (χ2n) is 6.01. The van der Waals surface area contributed by atoms with Gasteiger partial charge in [0.1, 0.15) is 0 Å². The predicted octanol–water partition coefficient (Wildman–Crippen LogP) is 1.29. The molecule has 0 aliphatic heterocycles. The van der Waals surface area contributed by atoms with Crippen molar-refractivity contribution in [3.8, 4) is 0 Å². The van der Waals surface area contributed by atoms with Gasteiger partial charge in [0, 0.05) is 36.3 Å². The molecule has 0 unspecified atom stereocenters. The van der Waals surface area contributed by atoms with Gasteiger partial charge in [0.25, 0.3) is 5.69 Å². The van der Waals surface area contributed by atoms with E-state index in [1.165, 1.54) is 12.1 Å². The highest BCUT2D eigenvalue weighted by atomic mass is 16.6. The first-order valence-electron chi connectivity index (χ1n) is 7.23. The summed E-state index contributed by atoms with van der Waals surface area (Å²) >= 11 is 0. The Morgan fingerprint density at radius 1 is 1.09 bits per heavy atom. The van der Waals surface area contributed by atoms with Gasteiger partial charge in [-0.3, -0.25) is 19.7 Å². The molecule has 0 aliphatic rings. The van der Waals surface area contributed by atoms with Crippen molar-refractivity contribution in [1.29, 1.82) is 0 Å². The van der Waals surface area contributed by atoms with E-state index in [2.05, 4.69) is 16.0 Å². The van der Waals surface area contributed by atoms with Crippen LogP contribution in [0.1, 0.15) is 20.8 Å². The topological polar surface area (TPSA) is 113 Å². The number of carbonyl (C=O) groups is 2. The summed E-state index contributed by atoms with van der Waals surface area (Å²) in [6.07, 6.45) is 0. The SMILES string of the molecule is CC(C)(C)C(=O)NCC(=O)NCCNc1ccc([N+](=O)[O-])cc1. The molecule has 23 heavy (non-hydrogen) atoms. The summed E-state index contributed by atoms with van der Waals surface area (Å²) in [7, 11) is 0. The molecule has 0 spiro atoms. The standard InChI is InChI=1S/C15H22N4O4/c1-15(2,3)14(21)18-10-13(20)17-9-8-16-11-4-6-12(7-5-11)19(22)23/h4-7,16H,8-10H2,1-3H3,(H,17,20)(H,18,21). The van der Waals surface area contributed by atoms with Crippen molar-refractivity contribution in [2.45, 2.75) is 20.8 Å². The van der Waals surface area contributed by atoms with Crippen LogP contribution in [0.5, 0.6) is 0 Å². The molecule has 3 N–H and O–H groups in total. The first-order chi connectivity index (χ1) is 10.7. The monoisotopic (exact) mass is 322 g/mol. The number of anilines is 1. The highest BCUT2D eigenvalue weighted by Gasteiger charge is 2.21. The zero-order valence-corrected chi connectivity index (χ0v) is 13.5. The molecular formula is C15H22N4O4. The Hall–Kier alpha value is -2.64. The number of nitrogens with one attached hydrogen (secondary N) is 3. The van der Waals surface area contributed by atoms with Crippen LogP contribution in [0.15, 0.2) is 24.3 Å². The van der Waals surface area contributed by atoms with Crippen molar-refractivity contribution >= 4 is 23.2 Å². The molecule has 0 aromatic heterocycles. The van der Waals surface area contributed by atoms with Gasteiger partial charge in [0.2, 0.25) is 11.8 Å². The van der Waals surface area contributed by atoms with E-state index in [0.717, 1.165) is 5.69 Å². The number of nitro benzene ring substituents is 1. The second-order valence-corrected chi connectivity index (χ2v) is 6.01. The van der Waals surface area contributed by atoms with Gasteiger partial charge in [-0.1, -0.05) is 20.8 Å². The van der Waals surface area contributed by atoms with Crippen molar-refractivity contribution < 1.29 is 14.5 Å². The Balaban J connectivity index is 2.23. The Morgan fingerprint density at radius 3 is 2.22 bits per heavy atom. The number of carbonyl (C=O) groups excluding carboxylic acids is 2. The lowest BCUT2D eigenvalue weighted by atomic mass is 9.96. The van der Waals surface area contributed by atoms with Crippen LogP contribution in [0.4, 0.5) is 11.4 Å². The third-order valence-corrected chi connectivity index (χ3v) is 2.95. The third kappa shape index (κ3) is 6.77. The molecule has 0 bridgehead atoms. The molecule has 2 amide bonds. The van der Waals surface area contributed by atoms with E-state index in [0.29, 0.717) is 13.1 Å². The molecule has 0 heterocycles. The van der Waals surface area contributed by atoms with Gasteiger partial charge >= 0.3 is 0 Å². The molecule has 0 atom stereocenters. The predicted molar refractivity (Wildman–Crippen MR) is 87.1 cm³/mol. The van der Waals surface area contributed by atoms with Gasteiger partial charge in [0.15, 0.2) is 0 Å². The molecule has 1 rings (SSSR count). The zero-order chi connectivity index (χ0) is 17.5. The number of nitro groups is 1. The van der Waals surface area contributed by atoms with E-state index in [9.17, 15) is 19.7 Å². The van der Waals surface area contributed by atoms with Crippen LogP contribution >= 0.6 is 0 Å². The minimum atomic E-state index is -0.530. The van der Waals surface area contributed by atoms with Gasteiger partial charge in [0.05, 0.1) is 11.5 Å². The molecule has 0 radical (unpaired) electrons. The van der Waals surface area contributed by atoms with Gasteiger partial charge in [-0.05, 0) is 12.1 Å². The second kappa shape index (κ2) is 8.11. The van der Waals surface area contributed by atoms with E-state index >= 15 is 0 Å². The maximum Gasteiger partial charge on any atom is 0.269 e. The Labute approximate surface area is 134 Å². The fourth-order valence-electron chi connectivity index (χ4n) is 1.60. The Kier molecular flexibility index (Phi) is 6.49. The van der Waals surface area contributed by atoms with Crippen LogP contribution < -0.4 is 16.0 Å². The first kappa shape index (κ1) is 18.4. The summed E-state index contributed by atoms with van der Waals surface area (Å²) in [6.45, 7) is 6.10. The van der Waals surface area contributed by atoms with Gasteiger partial charge in [-0.25, -0.2) is 0 Å². The molecule has 8 nitrogen and oxygen atoms in total. The number of benzene rings is 1. The summed E-state index contributed by atoms with van der Waals surface area (Å²) in [5, 5.41) is 18.8. The lowest BCUT2D eigenvalue weighted by molar-refractivity contribution is -0.384. The lowest BCUT2D eigenvalue weighted by Gasteiger charge is -2.17. The lowest BCUT2D eigenvalue weighted by Crippen LogP contribution is -2.42. The summed E-state index contributed by atoms with van der Waals surface area (Å²) in [4.78, 5) is 33.2. The number of amides is 2. The third-order valence-electron chi connectivity index (χ3n) is 2.95. The molecule has 1 aromatic carbocycles. The van der Waals surface area contributed by atoms with Crippen LogP contribution in [0.3, 0.4) is 0 Å². The fraction of sp³-hybridized carbons (Fsp3) is 0.467. The number of rotatable bonds is 7. The summed E-state index contributed by atoms with van der Waals surface area (Å²) in [5.41, 5.74) is 0.224. The normalized spacial score (nSPS) is 10.7. The average molecular weight is 322 g/mol.